The minimum absolute atomic E-state index is 0.00234. The van der Waals surface area contributed by atoms with Gasteiger partial charge in [0.25, 0.3) is 5.91 Å². The molecule has 0 aromatic heterocycles. The molecular weight excluding hydrogens is 494 g/mol. The number of carbonyl (C=O) groups excluding carboxylic acids is 1. The molecule has 11 nitrogen and oxygen atoms in total. The van der Waals surface area contributed by atoms with Crippen molar-refractivity contribution in [2.45, 2.75) is 48.1 Å². The number of carbonyl (C=O) groups is 1. The van der Waals surface area contributed by atoms with Gasteiger partial charge in [0.1, 0.15) is 0 Å². The van der Waals surface area contributed by atoms with Crippen LogP contribution in [0, 0.1) is 5.41 Å². The molecule has 0 aliphatic carbocycles. The van der Waals surface area contributed by atoms with Crippen LogP contribution in [0.4, 0.5) is 0 Å². The quantitative estimate of drug-likeness (QED) is 0.227. The lowest BCUT2D eigenvalue weighted by Gasteiger charge is -2.32. The summed E-state index contributed by atoms with van der Waals surface area (Å²) in [6.45, 7) is 4.48. The van der Waals surface area contributed by atoms with E-state index in [4.69, 9.17) is 16.0 Å². The van der Waals surface area contributed by atoms with Gasteiger partial charge >= 0.3 is 0 Å². The topological polar surface area (TPSA) is 172 Å². The smallest absolute Gasteiger partial charge is 0.294 e. The molecule has 35 heavy (non-hydrogen) atoms. The molecule has 2 aromatic rings. The van der Waals surface area contributed by atoms with Gasteiger partial charge in [-0.25, -0.2) is 21.6 Å². The van der Waals surface area contributed by atoms with E-state index >= 15 is 0 Å². The van der Waals surface area contributed by atoms with Crippen molar-refractivity contribution in [3.8, 4) is 5.75 Å². The second kappa shape index (κ2) is 9.93. The Morgan fingerprint density at radius 1 is 1.14 bits per heavy atom. The molecular formula is C22H29N5O6S2. The Morgan fingerprint density at radius 2 is 1.80 bits per heavy atom. The number of guanidine groups is 1. The lowest BCUT2D eigenvalue weighted by Crippen LogP contribution is -2.55. The fourth-order valence-electron chi connectivity index (χ4n) is 3.74. The zero-order chi connectivity index (χ0) is 26.0. The van der Waals surface area contributed by atoms with Crippen LogP contribution >= 0.6 is 0 Å². The first-order valence-corrected chi connectivity index (χ1v) is 14.1. The number of hydrogen-bond acceptors (Lipinski definition) is 8. The third-order valence-corrected chi connectivity index (χ3v) is 8.37. The molecule has 3 rings (SSSR count). The van der Waals surface area contributed by atoms with Crippen molar-refractivity contribution >= 4 is 31.7 Å². The highest BCUT2D eigenvalue weighted by Crippen LogP contribution is 2.23. The zero-order valence-electron chi connectivity index (χ0n) is 19.6. The van der Waals surface area contributed by atoms with Crippen molar-refractivity contribution in [3.63, 3.8) is 0 Å². The number of hydroxylamine groups is 2. The first-order valence-electron chi connectivity index (χ1n) is 10.7. The Labute approximate surface area is 205 Å². The normalized spacial score (nSPS) is 16.6. The molecule has 1 atom stereocenters. The van der Waals surface area contributed by atoms with Crippen LogP contribution < -0.4 is 20.6 Å². The van der Waals surface area contributed by atoms with Crippen molar-refractivity contribution in [2.75, 3.05) is 12.8 Å². The number of benzene rings is 2. The van der Waals surface area contributed by atoms with E-state index in [1.165, 1.54) is 42.5 Å². The first kappa shape index (κ1) is 26.6. The number of sulfonamides is 1. The average molecular weight is 524 g/mol. The van der Waals surface area contributed by atoms with Gasteiger partial charge in [-0.05, 0) is 75.7 Å². The van der Waals surface area contributed by atoms with E-state index in [2.05, 4.69) is 10.0 Å². The Bertz CT molecular complexity index is 1320. The van der Waals surface area contributed by atoms with Crippen LogP contribution in [0.15, 0.2) is 58.3 Å². The van der Waals surface area contributed by atoms with E-state index < -0.39 is 37.3 Å². The minimum atomic E-state index is -3.84. The fourth-order valence-corrected chi connectivity index (χ4v) is 5.85. The summed E-state index contributed by atoms with van der Waals surface area (Å²) in [6.07, 6.45) is 2.85. The summed E-state index contributed by atoms with van der Waals surface area (Å²) in [5.74, 6) is -1.57. The molecule has 0 saturated carbocycles. The van der Waals surface area contributed by atoms with Gasteiger partial charge < -0.3 is 15.9 Å². The third kappa shape index (κ3) is 6.36. The first-order chi connectivity index (χ1) is 16.2. The molecule has 1 aliphatic heterocycles. The summed E-state index contributed by atoms with van der Waals surface area (Å²) in [5.41, 5.74) is 4.74. The number of nitrogens with two attached hydrogens (primary N) is 1. The second-order valence-corrected chi connectivity index (χ2v) is 12.5. The van der Waals surface area contributed by atoms with E-state index in [0.29, 0.717) is 5.06 Å². The Kier molecular flexibility index (Phi) is 7.55. The Morgan fingerprint density at radius 3 is 2.34 bits per heavy atom. The number of nitrogens with zero attached hydrogens (tertiary/aromatic N) is 1. The average Bonchev–Trinajstić information content (AvgIpc) is 3.32. The highest BCUT2D eigenvalue weighted by molar-refractivity contribution is 7.90. The summed E-state index contributed by atoms with van der Waals surface area (Å²) in [4.78, 5) is 18.2. The highest BCUT2D eigenvalue weighted by Gasteiger charge is 2.35. The van der Waals surface area contributed by atoms with Crippen LogP contribution in [0.3, 0.4) is 0 Å². The molecule has 1 aliphatic rings. The van der Waals surface area contributed by atoms with E-state index in [9.17, 15) is 21.6 Å². The molecule has 2 aromatic carbocycles. The zero-order valence-corrected chi connectivity index (χ0v) is 21.2. The van der Waals surface area contributed by atoms with Gasteiger partial charge in [0.05, 0.1) is 9.79 Å². The van der Waals surface area contributed by atoms with Crippen molar-refractivity contribution in [2.24, 2.45) is 5.73 Å². The minimum Gasteiger partial charge on any atom is -0.369 e. The van der Waals surface area contributed by atoms with Gasteiger partial charge in [0.2, 0.25) is 16.0 Å². The predicted octanol–water partition coefficient (Wildman–Crippen LogP) is 1.23. The standard InChI is InChI=1S/C22H29N5O6S2/c1-22(2,19-8-5-13-25-19)26-35(31,32)17-11-9-16(10-12-17)33-27(21(23)24)20(28)15-6-4-7-18(14-15)34(3,29)30/h4,6-7,9-12,14,19,25-26H,5,8,13H2,1-3H3,(H3,23,24). The van der Waals surface area contributed by atoms with Crippen LogP contribution in [0.1, 0.15) is 37.0 Å². The molecule has 190 valence electrons. The van der Waals surface area contributed by atoms with Crippen LogP contribution in [0.25, 0.3) is 0 Å². The summed E-state index contributed by atoms with van der Waals surface area (Å²) < 4.78 is 52.1. The van der Waals surface area contributed by atoms with Crippen LogP contribution in [0.5, 0.6) is 5.75 Å². The number of sulfone groups is 1. The summed E-state index contributed by atoms with van der Waals surface area (Å²) in [5, 5.41) is 11.5. The monoisotopic (exact) mass is 523 g/mol. The van der Waals surface area contributed by atoms with E-state index in [1.807, 2.05) is 13.8 Å². The molecule has 0 bridgehead atoms. The summed E-state index contributed by atoms with van der Waals surface area (Å²) in [6, 6.07) is 10.5. The van der Waals surface area contributed by atoms with Crippen molar-refractivity contribution < 1.29 is 26.5 Å². The molecule has 1 heterocycles. The predicted molar refractivity (Wildman–Crippen MR) is 130 cm³/mol. The molecule has 1 saturated heterocycles. The maximum absolute atomic E-state index is 12.9. The van der Waals surface area contributed by atoms with Gasteiger partial charge in [-0.3, -0.25) is 10.2 Å². The van der Waals surface area contributed by atoms with Crippen molar-refractivity contribution in [1.29, 1.82) is 5.41 Å². The number of hydrogen-bond donors (Lipinski definition) is 4. The van der Waals surface area contributed by atoms with Gasteiger partial charge in [-0.1, -0.05) is 6.07 Å². The van der Waals surface area contributed by atoms with E-state index in [1.54, 1.807) is 0 Å². The molecule has 13 heteroatoms. The van der Waals surface area contributed by atoms with Crippen LogP contribution in [-0.4, -0.2) is 58.1 Å². The maximum Gasteiger partial charge on any atom is 0.294 e. The molecule has 0 spiro atoms. The van der Waals surface area contributed by atoms with Crippen molar-refractivity contribution in [1.82, 2.24) is 15.1 Å². The molecule has 5 N–H and O–H groups in total. The molecule has 1 amide bonds. The molecule has 1 unspecified atom stereocenters. The third-order valence-electron chi connectivity index (χ3n) is 5.57. The van der Waals surface area contributed by atoms with E-state index in [-0.39, 0.29) is 27.1 Å². The van der Waals surface area contributed by atoms with Gasteiger partial charge in [-0.2, -0.15) is 0 Å². The summed E-state index contributed by atoms with van der Waals surface area (Å²) in [7, 11) is -7.41. The van der Waals surface area contributed by atoms with Crippen LogP contribution in [0.2, 0.25) is 0 Å². The summed E-state index contributed by atoms with van der Waals surface area (Å²) >= 11 is 0. The molecule has 1 fully saturated rings. The van der Waals surface area contributed by atoms with Crippen molar-refractivity contribution in [3.05, 3.63) is 54.1 Å². The fraction of sp³-hybridized carbons (Fsp3) is 0.364. The van der Waals surface area contributed by atoms with Crippen LogP contribution in [-0.2, 0) is 19.9 Å². The Balaban J connectivity index is 1.78. The highest BCUT2D eigenvalue weighted by atomic mass is 32.2. The number of rotatable bonds is 8. The lowest BCUT2D eigenvalue weighted by molar-refractivity contribution is 0.0152. The number of amides is 1. The second-order valence-electron chi connectivity index (χ2n) is 8.82. The lowest BCUT2D eigenvalue weighted by atomic mass is 9.95. The molecule has 0 radical (unpaired) electrons. The van der Waals surface area contributed by atoms with Gasteiger partial charge in [-0.15, -0.1) is 5.06 Å². The van der Waals surface area contributed by atoms with Gasteiger partial charge in [0, 0.05) is 23.4 Å². The van der Waals surface area contributed by atoms with Gasteiger partial charge in [0.15, 0.2) is 15.6 Å². The largest absolute Gasteiger partial charge is 0.369 e. The SMILES string of the molecule is CC(C)(NS(=O)(=O)c1ccc(ON(C(=N)N)C(=O)c2cccc(S(C)(=O)=O)c2)cc1)C1CCCN1. The Hall–Kier alpha value is -3.00. The maximum atomic E-state index is 12.9. The number of nitrogens with one attached hydrogen (secondary N) is 3. The van der Waals surface area contributed by atoms with E-state index in [0.717, 1.165) is 31.7 Å².